The zero-order valence-electron chi connectivity index (χ0n) is 17.2. The average Bonchev–Trinajstić information content (AvgIpc) is 2.74. The molecule has 31 heavy (non-hydrogen) atoms. The SMILES string of the molecule is CP1(=O)OCC2(CCC[C@@]3(Cc4ccc(Cl)cc4)c4c(F)ccc(F)c4OC[C@@H]23)CO1. The summed E-state index contributed by atoms with van der Waals surface area (Å²) in [5.41, 5.74) is 0.100. The van der Waals surface area contributed by atoms with Crippen LogP contribution < -0.4 is 4.74 Å². The molecule has 4 nitrogen and oxygen atoms in total. The highest BCUT2D eigenvalue weighted by atomic mass is 35.5. The van der Waals surface area contributed by atoms with E-state index >= 15 is 4.39 Å². The van der Waals surface area contributed by atoms with E-state index < -0.39 is 30.1 Å². The van der Waals surface area contributed by atoms with Gasteiger partial charge in [0.15, 0.2) is 11.6 Å². The molecule has 1 saturated carbocycles. The molecule has 2 aromatic carbocycles. The molecule has 2 aliphatic heterocycles. The number of hydrogen-bond donors (Lipinski definition) is 0. The molecular formula is C23H24ClF2O4P. The molecule has 5 rings (SSSR count). The largest absolute Gasteiger partial charge is 0.490 e. The molecule has 2 heterocycles. The van der Waals surface area contributed by atoms with Crippen molar-refractivity contribution in [3.05, 3.63) is 64.2 Å². The molecule has 2 aromatic rings. The van der Waals surface area contributed by atoms with Crippen LogP contribution in [-0.4, -0.2) is 26.5 Å². The highest BCUT2D eigenvalue weighted by Gasteiger charge is 2.60. The molecule has 0 amide bonds. The highest BCUT2D eigenvalue weighted by Crippen LogP contribution is 2.63. The first kappa shape index (κ1) is 21.4. The van der Waals surface area contributed by atoms with Crippen molar-refractivity contribution in [1.29, 1.82) is 0 Å². The molecular weight excluding hydrogens is 445 g/mol. The molecule has 1 saturated heterocycles. The first-order valence-electron chi connectivity index (χ1n) is 10.5. The van der Waals surface area contributed by atoms with Gasteiger partial charge in [-0.25, -0.2) is 8.78 Å². The van der Waals surface area contributed by atoms with Crippen LogP contribution in [0.5, 0.6) is 5.75 Å². The number of ether oxygens (including phenoxy) is 1. The summed E-state index contributed by atoms with van der Waals surface area (Å²) >= 11 is 6.07. The van der Waals surface area contributed by atoms with E-state index in [4.69, 9.17) is 25.4 Å². The molecule has 8 heteroatoms. The first-order chi connectivity index (χ1) is 14.7. The summed E-state index contributed by atoms with van der Waals surface area (Å²) in [5, 5.41) is 0.621. The van der Waals surface area contributed by atoms with Crippen molar-refractivity contribution in [3.63, 3.8) is 0 Å². The van der Waals surface area contributed by atoms with E-state index in [1.807, 2.05) is 24.3 Å². The minimum atomic E-state index is -3.09. The molecule has 1 aliphatic carbocycles. The number of hydrogen-bond acceptors (Lipinski definition) is 4. The molecule has 0 radical (unpaired) electrons. The van der Waals surface area contributed by atoms with Gasteiger partial charge in [-0.1, -0.05) is 30.2 Å². The molecule has 1 spiro atoms. The van der Waals surface area contributed by atoms with E-state index in [0.29, 0.717) is 23.4 Å². The van der Waals surface area contributed by atoms with Gasteiger partial charge < -0.3 is 13.8 Å². The maximum Gasteiger partial charge on any atom is 0.327 e. The van der Waals surface area contributed by atoms with Gasteiger partial charge in [0.05, 0.1) is 19.8 Å². The standard InChI is InChI=1S/C23H24ClF2O4P/c1-31(27)29-13-22(14-30-31)9-2-10-23(11-15-3-5-16(24)6-4-15)19(22)12-28-21-18(26)8-7-17(25)20(21)23/h3-8,19H,2,9-14H2,1H3/t19-,22?,23-,31?/m0/s1. The third kappa shape index (κ3) is 3.52. The summed E-state index contributed by atoms with van der Waals surface area (Å²) < 4.78 is 59.5. The van der Waals surface area contributed by atoms with Crippen molar-refractivity contribution in [2.75, 3.05) is 26.5 Å². The molecule has 2 atom stereocenters. The Hall–Kier alpha value is -1.46. The lowest BCUT2D eigenvalue weighted by atomic mass is 9.50. The Bertz CT molecular complexity index is 1050. The molecule has 0 N–H and O–H groups in total. The van der Waals surface area contributed by atoms with Gasteiger partial charge in [-0.05, 0) is 49.1 Å². The van der Waals surface area contributed by atoms with Crippen LogP contribution in [0.2, 0.25) is 5.02 Å². The van der Waals surface area contributed by atoms with Gasteiger partial charge in [-0.15, -0.1) is 0 Å². The third-order valence-electron chi connectivity index (χ3n) is 7.26. The maximum absolute atomic E-state index is 15.3. The Labute approximate surface area is 185 Å². The Morgan fingerprint density at radius 1 is 1.06 bits per heavy atom. The zero-order chi connectivity index (χ0) is 21.9. The predicted molar refractivity (Wildman–Crippen MR) is 114 cm³/mol. The molecule has 166 valence electrons. The van der Waals surface area contributed by atoms with Crippen molar-refractivity contribution in [2.45, 2.75) is 31.1 Å². The molecule has 0 aromatic heterocycles. The second-order valence-electron chi connectivity index (χ2n) is 9.09. The smallest absolute Gasteiger partial charge is 0.327 e. The van der Waals surface area contributed by atoms with Crippen molar-refractivity contribution in [3.8, 4) is 5.75 Å². The van der Waals surface area contributed by atoms with Gasteiger partial charge in [0.25, 0.3) is 0 Å². The second-order valence-corrected chi connectivity index (χ2v) is 11.6. The predicted octanol–water partition coefficient (Wildman–Crippen LogP) is 6.15. The first-order valence-corrected chi connectivity index (χ1v) is 12.8. The minimum Gasteiger partial charge on any atom is -0.490 e. The van der Waals surface area contributed by atoms with Crippen molar-refractivity contribution >= 4 is 19.2 Å². The second kappa shape index (κ2) is 7.55. The lowest BCUT2D eigenvalue weighted by molar-refractivity contribution is -0.103. The number of halogens is 3. The average molecular weight is 469 g/mol. The van der Waals surface area contributed by atoms with Crippen LogP contribution in [0, 0.1) is 23.0 Å². The van der Waals surface area contributed by atoms with Crippen LogP contribution in [0.15, 0.2) is 36.4 Å². The van der Waals surface area contributed by atoms with Crippen LogP contribution in [0.1, 0.15) is 30.4 Å². The van der Waals surface area contributed by atoms with Gasteiger partial charge in [-0.3, -0.25) is 4.57 Å². The van der Waals surface area contributed by atoms with Crippen molar-refractivity contribution in [2.24, 2.45) is 11.3 Å². The van der Waals surface area contributed by atoms with E-state index in [0.717, 1.165) is 24.5 Å². The summed E-state index contributed by atoms with van der Waals surface area (Å²) in [6.45, 7) is 2.19. The molecule has 2 fully saturated rings. The van der Waals surface area contributed by atoms with Gasteiger partial charge >= 0.3 is 7.60 Å². The van der Waals surface area contributed by atoms with Gasteiger partial charge in [0.2, 0.25) is 0 Å². The van der Waals surface area contributed by atoms with E-state index in [1.54, 1.807) is 0 Å². The highest BCUT2D eigenvalue weighted by molar-refractivity contribution is 7.53. The van der Waals surface area contributed by atoms with Crippen LogP contribution >= 0.6 is 19.2 Å². The van der Waals surface area contributed by atoms with Gasteiger partial charge in [0.1, 0.15) is 5.82 Å². The van der Waals surface area contributed by atoms with E-state index in [9.17, 15) is 8.96 Å². The normalized spacial score (nSPS) is 34.6. The van der Waals surface area contributed by atoms with Crippen molar-refractivity contribution in [1.82, 2.24) is 0 Å². The van der Waals surface area contributed by atoms with Crippen LogP contribution in [0.4, 0.5) is 8.78 Å². The lowest BCUT2D eigenvalue weighted by Crippen LogP contribution is -2.59. The summed E-state index contributed by atoms with van der Waals surface area (Å²) in [5.74, 6) is -1.21. The summed E-state index contributed by atoms with van der Waals surface area (Å²) in [6, 6.07) is 9.76. The molecule has 0 bridgehead atoms. The Kier molecular flexibility index (Phi) is 5.21. The fourth-order valence-corrected chi connectivity index (χ4v) is 7.00. The number of benzene rings is 2. The number of rotatable bonds is 2. The lowest BCUT2D eigenvalue weighted by Gasteiger charge is -2.58. The summed E-state index contributed by atoms with van der Waals surface area (Å²) in [7, 11) is -3.09. The van der Waals surface area contributed by atoms with E-state index in [2.05, 4.69) is 0 Å². The fourth-order valence-electron chi connectivity index (χ4n) is 5.81. The third-order valence-corrected chi connectivity index (χ3v) is 8.71. The molecule has 3 aliphatic rings. The van der Waals surface area contributed by atoms with E-state index in [1.165, 1.54) is 12.7 Å². The van der Waals surface area contributed by atoms with Crippen molar-refractivity contribution < 1.29 is 27.1 Å². The Morgan fingerprint density at radius 3 is 2.45 bits per heavy atom. The van der Waals surface area contributed by atoms with Crippen LogP contribution in [-0.2, 0) is 25.4 Å². The Morgan fingerprint density at radius 2 is 1.74 bits per heavy atom. The summed E-state index contributed by atoms with van der Waals surface area (Å²) in [6.07, 6.45) is 2.77. The number of fused-ring (bicyclic) bond motifs is 4. The van der Waals surface area contributed by atoms with Gasteiger partial charge in [0, 0.05) is 34.0 Å². The fraction of sp³-hybridized carbons (Fsp3) is 0.478. The van der Waals surface area contributed by atoms with E-state index in [-0.39, 0.29) is 31.5 Å². The quantitative estimate of drug-likeness (QED) is 0.496. The van der Waals surface area contributed by atoms with Crippen LogP contribution in [0.3, 0.4) is 0 Å². The minimum absolute atomic E-state index is 0.000993. The molecule has 0 unspecified atom stereocenters. The monoisotopic (exact) mass is 468 g/mol. The summed E-state index contributed by atoms with van der Waals surface area (Å²) in [4.78, 5) is 0. The Balaban J connectivity index is 1.66. The zero-order valence-corrected chi connectivity index (χ0v) is 18.9. The topological polar surface area (TPSA) is 44.8 Å². The van der Waals surface area contributed by atoms with Crippen LogP contribution in [0.25, 0.3) is 0 Å². The maximum atomic E-state index is 15.3. The van der Waals surface area contributed by atoms with Gasteiger partial charge in [-0.2, -0.15) is 0 Å².